The summed E-state index contributed by atoms with van der Waals surface area (Å²) in [6.45, 7) is 2.60. The molecule has 1 N–H and O–H groups in total. The molecule has 4 heterocycles. The van der Waals surface area contributed by atoms with Crippen molar-refractivity contribution in [3.8, 4) is 17.4 Å². The van der Waals surface area contributed by atoms with Gasteiger partial charge in [0.05, 0.1) is 27.7 Å². The Kier molecular flexibility index (Phi) is 7.06. The first-order chi connectivity index (χ1) is 16.9. The van der Waals surface area contributed by atoms with E-state index in [2.05, 4.69) is 20.3 Å². The summed E-state index contributed by atoms with van der Waals surface area (Å²) in [7, 11) is -1.45. The first kappa shape index (κ1) is 26.0. The Morgan fingerprint density at radius 2 is 1.94 bits per heavy atom. The zero-order chi connectivity index (χ0) is 26.3. The van der Waals surface area contributed by atoms with E-state index < -0.39 is 34.3 Å². The van der Waals surface area contributed by atoms with Gasteiger partial charge in [0.2, 0.25) is 5.82 Å². The van der Waals surface area contributed by atoms with Crippen LogP contribution < -0.4 is 14.8 Å². The van der Waals surface area contributed by atoms with Crippen LogP contribution in [0.5, 0.6) is 17.4 Å². The van der Waals surface area contributed by atoms with Crippen molar-refractivity contribution in [1.82, 2.24) is 24.8 Å². The van der Waals surface area contributed by atoms with Gasteiger partial charge in [0.25, 0.3) is 18.2 Å². The van der Waals surface area contributed by atoms with E-state index in [1.165, 1.54) is 16.8 Å². The summed E-state index contributed by atoms with van der Waals surface area (Å²) in [5.41, 5.74) is 0.504. The highest BCUT2D eigenvalue weighted by Crippen LogP contribution is 2.34. The largest absolute Gasteiger partial charge is 0.482 e. The van der Waals surface area contributed by atoms with Gasteiger partial charge < -0.3 is 19.4 Å². The Morgan fingerprint density at radius 3 is 2.61 bits per heavy atom. The van der Waals surface area contributed by atoms with Crippen molar-refractivity contribution in [2.24, 2.45) is 7.05 Å². The number of fused-ring (bicyclic) bond motifs is 1. The maximum Gasteiger partial charge on any atom is 0.287 e. The van der Waals surface area contributed by atoms with Crippen LogP contribution in [0.3, 0.4) is 0 Å². The number of imidazole rings is 1. The van der Waals surface area contributed by atoms with Gasteiger partial charge in [-0.3, -0.25) is 4.79 Å². The molecular formula is C22H24ClF2N5O5S. The molecule has 194 valence electrons. The third-order valence-corrected chi connectivity index (χ3v) is 7.78. The third-order valence-electron chi connectivity index (χ3n) is 5.92. The second-order valence-electron chi connectivity index (χ2n) is 8.84. The number of nitrogens with one attached hydrogen (secondary N) is 1. The van der Waals surface area contributed by atoms with E-state index in [1.54, 1.807) is 20.0 Å². The van der Waals surface area contributed by atoms with Crippen LogP contribution in [0.2, 0.25) is 5.02 Å². The Labute approximate surface area is 210 Å². The number of ether oxygens (including phenoxy) is 2. The molecule has 1 fully saturated rings. The van der Waals surface area contributed by atoms with Gasteiger partial charge in [-0.2, -0.15) is 0 Å². The molecule has 0 saturated carbocycles. The van der Waals surface area contributed by atoms with Crippen LogP contribution in [0.1, 0.15) is 36.1 Å². The van der Waals surface area contributed by atoms with Crippen molar-refractivity contribution in [2.75, 3.05) is 18.1 Å². The Hall–Kier alpha value is -3.06. The molecule has 1 aliphatic heterocycles. The second-order valence-corrected chi connectivity index (χ2v) is 11.6. The monoisotopic (exact) mass is 543 g/mol. The van der Waals surface area contributed by atoms with Crippen LogP contribution in [0.4, 0.5) is 8.78 Å². The Morgan fingerprint density at radius 1 is 1.25 bits per heavy atom. The summed E-state index contributed by atoms with van der Waals surface area (Å²) in [6.07, 6.45) is -0.790. The zero-order valence-corrected chi connectivity index (χ0v) is 21.3. The number of hydrogen-bond donors (Lipinski definition) is 1. The van der Waals surface area contributed by atoms with E-state index >= 15 is 0 Å². The minimum absolute atomic E-state index is 0.00944. The summed E-state index contributed by atoms with van der Waals surface area (Å²) in [6, 6.07) is 2.92. The summed E-state index contributed by atoms with van der Waals surface area (Å²) in [5.74, 6) is -0.238. The predicted molar refractivity (Wildman–Crippen MR) is 128 cm³/mol. The number of alkyl halides is 2. The molecule has 4 rings (SSSR count). The average molecular weight is 544 g/mol. The molecule has 14 heteroatoms. The molecule has 1 saturated heterocycles. The fourth-order valence-electron chi connectivity index (χ4n) is 3.78. The lowest BCUT2D eigenvalue weighted by molar-refractivity contribution is 0.0804. The SMILES string of the molecule is Cc1nc2nc(C(=O)NC3(C)CCS(=O)(=O)CC3)n(C)c2cc1Oc1ncc(Cl)cc1OCC(F)F. The van der Waals surface area contributed by atoms with Gasteiger partial charge in [-0.1, -0.05) is 11.6 Å². The first-order valence-corrected chi connectivity index (χ1v) is 13.2. The number of amides is 1. The quantitative estimate of drug-likeness (QED) is 0.480. The molecule has 0 spiro atoms. The highest BCUT2D eigenvalue weighted by atomic mass is 35.5. The lowest BCUT2D eigenvalue weighted by atomic mass is 9.95. The third kappa shape index (κ3) is 5.67. The van der Waals surface area contributed by atoms with Crippen molar-refractivity contribution in [2.45, 2.75) is 38.7 Å². The van der Waals surface area contributed by atoms with E-state index in [0.29, 0.717) is 29.7 Å². The van der Waals surface area contributed by atoms with Gasteiger partial charge >= 0.3 is 0 Å². The molecule has 0 aromatic carbocycles. The van der Waals surface area contributed by atoms with Gasteiger partial charge in [-0.25, -0.2) is 32.2 Å². The highest BCUT2D eigenvalue weighted by molar-refractivity contribution is 7.91. The predicted octanol–water partition coefficient (Wildman–Crippen LogP) is 3.46. The summed E-state index contributed by atoms with van der Waals surface area (Å²) in [4.78, 5) is 25.8. The number of halogens is 3. The number of aryl methyl sites for hydroxylation is 2. The number of hydrogen-bond acceptors (Lipinski definition) is 8. The first-order valence-electron chi connectivity index (χ1n) is 11.0. The van der Waals surface area contributed by atoms with Crippen LogP contribution in [0.25, 0.3) is 11.2 Å². The van der Waals surface area contributed by atoms with Gasteiger partial charge in [0.15, 0.2) is 17.1 Å². The van der Waals surface area contributed by atoms with E-state index in [4.69, 9.17) is 21.1 Å². The van der Waals surface area contributed by atoms with Gasteiger partial charge in [-0.15, -0.1) is 0 Å². The summed E-state index contributed by atoms with van der Waals surface area (Å²) >= 11 is 5.91. The van der Waals surface area contributed by atoms with Crippen molar-refractivity contribution in [3.63, 3.8) is 0 Å². The molecule has 0 aliphatic carbocycles. The lowest BCUT2D eigenvalue weighted by Crippen LogP contribution is -2.51. The fraction of sp³-hybridized carbons (Fsp3) is 0.455. The molecule has 1 amide bonds. The number of aromatic nitrogens is 4. The van der Waals surface area contributed by atoms with Crippen LogP contribution >= 0.6 is 11.6 Å². The molecule has 10 nitrogen and oxygen atoms in total. The molecule has 36 heavy (non-hydrogen) atoms. The number of sulfone groups is 1. The molecular weight excluding hydrogens is 520 g/mol. The Bertz CT molecular complexity index is 1420. The molecule has 0 atom stereocenters. The lowest BCUT2D eigenvalue weighted by Gasteiger charge is -2.34. The van der Waals surface area contributed by atoms with Crippen LogP contribution in [0, 0.1) is 6.92 Å². The van der Waals surface area contributed by atoms with Gasteiger partial charge in [0.1, 0.15) is 16.4 Å². The molecule has 0 radical (unpaired) electrons. The number of carbonyl (C=O) groups excluding carboxylic acids is 1. The standard InChI is InChI=1S/C22H24ClF2N5O5S/c1-12-15(35-21-16(34-11-17(24)25)8-13(23)10-26-21)9-14-18(27-12)28-19(30(14)3)20(31)29-22(2)4-6-36(32,33)7-5-22/h8-10,17H,4-7,11H2,1-3H3,(H,29,31). The van der Waals surface area contributed by atoms with Crippen molar-refractivity contribution in [1.29, 1.82) is 0 Å². The van der Waals surface area contributed by atoms with Crippen LogP contribution in [0.15, 0.2) is 18.3 Å². The fourth-order valence-corrected chi connectivity index (χ4v) is 5.65. The molecule has 0 bridgehead atoms. The van der Waals surface area contributed by atoms with E-state index in [-0.39, 0.29) is 39.7 Å². The van der Waals surface area contributed by atoms with Gasteiger partial charge in [-0.05, 0) is 26.7 Å². The molecule has 3 aromatic heterocycles. The maximum atomic E-state index is 13.0. The van der Waals surface area contributed by atoms with Crippen molar-refractivity contribution >= 4 is 38.5 Å². The second kappa shape index (κ2) is 9.77. The zero-order valence-electron chi connectivity index (χ0n) is 19.7. The summed E-state index contributed by atoms with van der Waals surface area (Å²) in [5, 5.41) is 3.09. The highest BCUT2D eigenvalue weighted by Gasteiger charge is 2.35. The molecule has 0 unspecified atom stereocenters. The number of carbonyl (C=O) groups is 1. The van der Waals surface area contributed by atoms with E-state index in [0.717, 1.165) is 0 Å². The summed E-state index contributed by atoms with van der Waals surface area (Å²) < 4.78 is 61.2. The average Bonchev–Trinajstić information content (AvgIpc) is 3.12. The molecule has 1 aliphatic rings. The maximum absolute atomic E-state index is 13.0. The van der Waals surface area contributed by atoms with Crippen molar-refractivity contribution < 1.29 is 31.5 Å². The van der Waals surface area contributed by atoms with Crippen molar-refractivity contribution in [3.05, 3.63) is 34.9 Å². The number of pyridine rings is 2. The minimum Gasteiger partial charge on any atom is -0.482 e. The Balaban J connectivity index is 1.60. The topological polar surface area (TPSA) is 125 Å². The van der Waals surface area contributed by atoms with Crippen LogP contribution in [-0.2, 0) is 16.9 Å². The smallest absolute Gasteiger partial charge is 0.287 e. The minimum atomic E-state index is -3.09. The van der Waals surface area contributed by atoms with E-state index in [9.17, 15) is 22.0 Å². The number of rotatable bonds is 7. The normalized spacial score (nSPS) is 16.8. The molecule has 3 aromatic rings. The van der Waals surface area contributed by atoms with Crippen LogP contribution in [-0.4, -0.2) is 63.9 Å². The van der Waals surface area contributed by atoms with E-state index in [1.807, 2.05) is 6.92 Å². The van der Waals surface area contributed by atoms with Gasteiger partial charge in [0, 0.05) is 30.9 Å². The number of nitrogens with zero attached hydrogens (tertiary/aromatic N) is 4.